The fourth-order valence-electron chi connectivity index (χ4n) is 5.27. The molecule has 2 bridgehead atoms. The lowest BCUT2D eigenvalue weighted by Crippen LogP contribution is -2.38. The molecule has 2 aromatic rings. The van der Waals surface area contributed by atoms with Crippen LogP contribution >= 0.6 is 11.3 Å². The number of carbonyl (C=O) groups excluding carboxylic acids is 3. The number of rotatable bonds is 5. The third-order valence-electron chi connectivity index (χ3n) is 6.66. The van der Waals surface area contributed by atoms with E-state index in [2.05, 4.69) is 15.5 Å². The first kappa shape index (κ1) is 21.7. The second kappa shape index (κ2) is 7.75. The van der Waals surface area contributed by atoms with Gasteiger partial charge in [0.2, 0.25) is 27.9 Å². The highest BCUT2D eigenvalue weighted by Crippen LogP contribution is 2.54. The van der Waals surface area contributed by atoms with Gasteiger partial charge < -0.3 is 5.32 Å². The number of amides is 3. The summed E-state index contributed by atoms with van der Waals surface area (Å²) >= 11 is 0.215. The maximum absolute atomic E-state index is 13.4. The summed E-state index contributed by atoms with van der Waals surface area (Å²) in [5.41, 5.74) is 1.44. The number of allylic oxidation sites excluding steroid dienone is 2. The fraction of sp³-hybridized carbons (Fsp3) is 0.409. The molecule has 1 aliphatic heterocycles. The number of nitrogens with one attached hydrogen (secondary N) is 1. The second-order valence-corrected chi connectivity index (χ2v) is 9.56. The molecule has 1 saturated carbocycles. The maximum atomic E-state index is 13.4. The van der Waals surface area contributed by atoms with Gasteiger partial charge in [0.05, 0.1) is 24.3 Å². The van der Waals surface area contributed by atoms with Crippen LogP contribution in [0.25, 0.3) is 0 Å². The molecule has 5 rings (SSSR count). The average molecular weight is 476 g/mol. The van der Waals surface area contributed by atoms with Crippen LogP contribution in [0, 0.1) is 30.6 Å². The SMILES string of the molecule is Cc1ccccc1C(CC(=O)Nc1nnc(C(F)(F)F)s1)N1C(=O)C2C3C=CC(C3)C2C1=O. The summed E-state index contributed by atoms with van der Waals surface area (Å²) < 4.78 is 38.4. The summed E-state index contributed by atoms with van der Waals surface area (Å²) in [6.45, 7) is 1.82. The highest BCUT2D eigenvalue weighted by Gasteiger charge is 2.60. The highest BCUT2D eigenvalue weighted by molar-refractivity contribution is 7.15. The molecule has 172 valence electrons. The van der Waals surface area contributed by atoms with Crippen molar-refractivity contribution >= 4 is 34.2 Å². The third kappa shape index (κ3) is 3.64. The Kier molecular flexibility index (Phi) is 5.11. The molecule has 11 heteroatoms. The predicted molar refractivity (Wildman–Crippen MR) is 112 cm³/mol. The van der Waals surface area contributed by atoms with E-state index in [9.17, 15) is 27.6 Å². The number of anilines is 1. The first-order chi connectivity index (χ1) is 15.6. The van der Waals surface area contributed by atoms with E-state index >= 15 is 0 Å². The van der Waals surface area contributed by atoms with Gasteiger partial charge in [-0.05, 0) is 36.3 Å². The van der Waals surface area contributed by atoms with Crippen molar-refractivity contribution in [3.05, 3.63) is 52.6 Å². The highest BCUT2D eigenvalue weighted by atomic mass is 32.1. The molecule has 1 aromatic carbocycles. The normalized spacial score (nSPS) is 26.7. The van der Waals surface area contributed by atoms with Crippen LogP contribution in [0.1, 0.15) is 35.0 Å². The molecule has 33 heavy (non-hydrogen) atoms. The zero-order valence-electron chi connectivity index (χ0n) is 17.4. The minimum absolute atomic E-state index is 0.0231. The second-order valence-electron chi connectivity index (χ2n) is 8.58. The van der Waals surface area contributed by atoms with E-state index in [-0.39, 0.29) is 46.5 Å². The summed E-state index contributed by atoms with van der Waals surface area (Å²) in [5.74, 6) is -2.03. The van der Waals surface area contributed by atoms with E-state index in [1.165, 1.54) is 4.90 Å². The Hall–Kier alpha value is -3.08. The van der Waals surface area contributed by atoms with Crippen molar-refractivity contribution < 1.29 is 27.6 Å². The zero-order chi connectivity index (χ0) is 23.5. The monoisotopic (exact) mass is 476 g/mol. The average Bonchev–Trinajstić information content (AvgIpc) is 3.51. The van der Waals surface area contributed by atoms with Crippen LogP contribution in [0.2, 0.25) is 0 Å². The number of alkyl halides is 3. The van der Waals surface area contributed by atoms with Crippen molar-refractivity contribution in [2.75, 3.05) is 5.32 Å². The number of likely N-dealkylation sites (tertiary alicyclic amines) is 1. The van der Waals surface area contributed by atoms with Crippen LogP contribution in [0.4, 0.5) is 18.3 Å². The summed E-state index contributed by atoms with van der Waals surface area (Å²) in [5, 5.41) is 7.30. The largest absolute Gasteiger partial charge is 0.445 e. The molecule has 1 saturated heterocycles. The number of benzene rings is 1. The quantitative estimate of drug-likeness (QED) is 0.524. The van der Waals surface area contributed by atoms with E-state index in [0.717, 1.165) is 12.0 Å². The van der Waals surface area contributed by atoms with Crippen molar-refractivity contribution in [3.63, 3.8) is 0 Å². The molecule has 2 aliphatic carbocycles. The number of nitrogens with zero attached hydrogens (tertiary/aromatic N) is 3. The van der Waals surface area contributed by atoms with Gasteiger partial charge in [0.15, 0.2) is 0 Å². The Morgan fingerprint density at radius 3 is 2.36 bits per heavy atom. The minimum atomic E-state index is -4.66. The molecule has 3 amide bonds. The molecule has 0 radical (unpaired) electrons. The Bertz CT molecular complexity index is 1150. The lowest BCUT2D eigenvalue weighted by Gasteiger charge is -2.29. The standard InChI is InChI=1S/C22H19F3N4O3S/c1-10-4-2-3-5-13(10)14(9-15(30)26-21-28-27-20(33-21)22(23,24)25)29-18(31)16-11-6-7-12(8-11)17(16)19(29)32/h2-7,11-12,14,16-17H,8-9H2,1H3,(H,26,28,30). The number of halogens is 3. The first-order valence-corrected chi connectivity index (χ1v) is 11.3. The number of imide groups is 1. The predicted octanol–water partition coefficient (Wildman–Crippen LogP) is 3.74. The Morgan fingerprint density at radius 1 is 1.15 bits per heavy atom. The Balaban J connectivity index is 1.42. The summed E-state index contributed by atoms with van der Waals surface area (Å²) in [4.78, 5) is 40.7. The van der Waals surface area contributed by atoms with Gasteiger partial charge in [0.1, 0.15) is 0 Å². The van der Waals surface area contributed by atoms with Crippen molar-refractivity contribution in [1.29, 1.82) is 0 Å². The van der Waals surface area contributed by atoms with Gasteiger partial charge in [-0.1, -0.05) is 47.8 Å². The van der Waals surface area contributed by atoms with Gasteiger partial charge >= 0.3 is 6.18 Å². The molecule has 3 aliphatic rings. The summed E-state index contributed by atoms with van der Waals surface area (Å²) in [7, 11) is 0. The number of carbonyl (C=O) groups is 3. The van der Waals surface area contributed by atoms with E-state index < -0.39 is 35.0 Å². The molecule has 5 atom stereocenters. The molecular weight excluding hydrogens is 457 g/mol. The van der Waals surface area contributed by atoms with Gasteiger partial charge in [0, 0.05) is 0 Å². The van der Waals surface area contributed by atoms with E-state index in [4.69, 9.17) is 0 Å². The first-order valence-electron chi connectivity index (χ1n) is 10.5. The van der Waals surface area contributed by atoms with Crippen molar-refractivity contribution in [3.8, 4) is 0 Å². The molecule has 5 unspecified atom stereocenters. The zero-order valence-corrected chi connectivity index (χ0v) is 18.2. The molecule has 0 spiro atoms. The number of hydrogen-bond acceptors (Lipinski definition) is 6. The van der Waals surface area contributed by atoms with Gasteiger partial charge in [-0.2, -0.15) is 13.2 Å². The number of hydrogen-bond donors (Lipinski definition) is 1. The fourth-order valence-corrected chi connectivity index (χ4v) is 5.89. The topological polar surface area (TPSA) is 92.3 Å². The van der Waals surface area contributed by atoms with Gasteiger partial charge in [-0.25, -0.2) is 0 Å². The Labute approximate surface area is 190 Å². The van der Waals surface area contributed by atoms with Crippen LogP contribution in [0.3, 0.4) is 0 Å². The van der Waals surface area contributed by atoms with Gasteiger partial charge in [-0.3, -0.25) is 19.3 Å². The molecular formula is C22H19F3N4O3S. The van der Waals surface area contributed by atoms with Crippen LogP contribution in [-0.4, -0.2) is 32.8 Å². The Morgan fingerprint density at radius 2 is 1.79 bits per heavy atom. The lowest BCUT2D eigenvalue weighted by atomic mass is 9.85. The molecule has 2 fully saturated rings. The minimum Gasteiger partial charge on any atom is -0.300 e. The van der Waals surface area contributed by atoms with Crippen LogP contribution in [0.15, 0.2) is 36.4 Å². The summed E-state index contributed by atoms with van der Waals surface area (Å²) in [6.07, 6.45) is -0.197. The number of aryl methyl sites for hydroxylation is 1. The van der Waals surface area contributed by atoms with Crippen LogP contribution in [-0.2, 0) is 20.6 Å². The van der Waals surface area contributed by atoms with Crippen LogP contribution in [0.5, 0.6) is 0 Å². The molecule has 1 aromatic heterocycles. The molecule has 7 nitrogen and oxygen atoms in total. The van der Waals surface area contributed by atoms with Crippen LogP contribution < -0.4 is 5.32 Å². The third-order valence-corrected chi connectivity index (χ3v) is 7.54. The van der Waals surface area contributed by atoms with Gasteiger partial charge in [0.25, 0.3) is 0 Å². The summed E-state index contributed by atoms with van der Waals surface area (Å²) in [6, 6.07) is 6.26. The number of aromatic nitrogens is 2. The molecule has 1 N–H and O–H groups in total. The van der Waals surface area contributed by atoms with E-state index in [1.54, 1.807) is 12.1 Å². The van der Waals surface area contributed by atoms with E-state index in [0.29, 0.717) is 5.56 Å². The maximum Gasteiger partial charge on any atom is 0.445 e. The van der Waals surface area contributed by atoms with Crippen molar-refractivity contribution in [2.24, 2.45) is 23.7 Å². The lowest BCUT2D eigenvalue weighted by molar-refractivity contribution is -0.144. The van der Waals surface area contributed by atoms with Gasteiger partial charge in [-0.15, -0.1) is 10.2 Å². The van der Waals surface area contributed by atoms with Crippen molar-refractivity contribution in [1.82, 2.24) is 15.1 Å². The molecule has 2 heterocycles. The number of fused-ring (bicyclic) bond motifs is 5. The van der Waals surface area contributed by atoms with Crippen molar-refractivity contribution in [2.45, 2.75) is 32.0 Å². The van der Waals surface area contributed by atoms with E-state index in [1.807, 2.05) is 31.2 Å². The smallest absolute Gasteiger partial charge is 0.300 e.